The highest BCUT2D eigenvalue weighted by molar-refractivity contribution is 5.92. The molecule has 1 heterocycles. The van der Waals surface area contributed by atoms with E-state index in [4.69, 9.17) is 21.6 Å². The summed E-state index contributed by atoms with van der Waals surface area (Å²) >= 11 is 0. The number of guanidine groups is 2. The van der Waals surface area contributed by atoms with Crippen LogP contribution in [0.3, 0.4) is 0 Å². The number of ether oxygens (including phenoxy) is 1. The summed E-state index contributed by atoms with van der Waals surface area (Å²) in [4.78, 5) is 5.70. The molecule has 5 N–H and O–H groups in total. The van der Waals surface area contributed by atoms with E-state index in [0.29, 0.717) is 13.2 Å². The molecule has 6 heteroatoms. The molecule has 102 valence electrons. The predicted octanol–water partition coefficient (Wildman–Crippen LogP) is 0.657. The second kappa shape index (κ2) is 5.71. The van der Waals surface area contributed by atoms with Gasteiger partial charge in [0, 0.05) is 6.54 Å². The molecule has 19 heavy (non-hydrogen) atoms. The van der Waals surface area contributed by atoms with Gasteiger partial charge in [0.25, 0.3) is 0 Å². The molecule has 1 aromatic rings. The van der Waals surface area contributed by atoms with Crippen LogP contribution in [0.25, 0.3) is 0 Å². The van der Waals surface area contributed by atoms with Gasteiger partial charge in [0.15, 0.2) is 5.96 Å². The van der Waals surface area contributed by atoms with Crippen molar-refractivity contribution >= 4 is 11.9 Å². The first-order valence-electron chi connectivity index (χ1n) is 6.21. The average Bonchev–Trinajstić information content (AvgIpc) is 2.38. The molecule has 2 rings (SSSR count). The SMILES string of the molecule is C[C@H]1OCCN(C(=N)N=C(N)N)[C@@H]1c1ccccc1. The number of aliphatic imine (C=N–C) groups is 1. The lowest BCUT2D eigenvalue weighted by molar-refractivity contribution is -0.0367. The summed E-state index contributed by atoms with van der Waals surface area (Å²) in [6.45, 7) is 3.15. The van der Waals surface area contributed by atoms with Crippen LogP contribution in [-0.4, -0.2) is 36.1 Å². The zero-order valence-electron chi connectivity index (χ0n) is 10.9. The molecule has 0 bridgehead atoms. The number of morpholine rings is 1. The Morgan fingerprint density at radius 1 is 1.37 bits per heavy atom. The molecule has 1 fully saturated rings. The molecule has 0 aliphatic carbocycles. The maximum Gasteiger partial charge on any atom is 0.221 e. The van der Waals surface area contributed by atoms with Crippen molar-refractivity contribution in [3.05, 3.63) is 35.9 Å². The molecule has 0 radical (unpaired) electrons. The minimum absolute atomic E-state index is 0.0225. The summed E-state index contributed by atoms with van der Waals surface area (Å²) in [5, 5.41) is 8.01. The molecule has 0 unspecified atom stereocenters. The summed E-state index contributed by atoms with van der Waals surface area (Å²) in [6.07, 6.45) is -0.0225. The van der Waals surface area contributed by atoms with Gasteiger partial charge in [-0.05, 0) is 12.5 Å². The number of rotatable bonds is 1. The highest BCUT2D eigenvalue weighted by Crippen LogP contribution is 2.29. The number of nitrogens with one attached hydrogen (secondary N) is 1. The monoisotopic (exact) mass is 261 g/mol. The predicted molar refractivity (Wildman–Crippen MR) is 74.8 cm³/mol. The third-order valence-corrected chi connectivity index (χ3v) is 3.14. The van der Waals surface area contributed by atoms with Crippen molar-refractivity contribution in [1.82, 2.24) is 4.90 Å². The van der Waals surface area contributed by atoms with E-state index in [-0.39, 0.29) is 24.1 Å². The Labute approximate surface area is 112 Å². The molecule has 0 saturated carbocycles. The van der Waals surface area contributed by atoms with E-state index in [1.807, 2.05) is 42.2 Å². The van der Waals surface area contributed by atoms with Crippen molar-refractivity contribution < 1.29 is 4.74 Å². The molecular weight excluding hydrogens is 242 g/mol. The normalized spacial score (nSPS) is 22.9. The highest BCUT2D eigenvalue weighted by atomic mass is 16.5. The van der Waals surface area contributed by atoms with Gasteiger partial charge in [-0.3, -0.25) is 5.41 Å². The third kappa shape index (κ3) is 3.03. The average molecular weight is 261 g/mol. The lowest BCUT2D eigenvalue weighted by atomic mass is 9.99. The van der Waals surface area contributed by atoms with E-state index < -0.39 is 0 Å². The smallest absolute Gasteiger partial charge is 0.221 e. The van der Waals surface area contributed by atoms with Crippen LogP contribution < -0.4 is 11.5 Å². The molecule has 1 aliphatic heterocycles. The second-order valence-electron chi connectivity index (χ2n) is 4.49. The summed E-state index contributed by atoms with van der Waals surface area (Å²) in [5.74, 6) is -0.0278. The zero-order valence-corrected chi connectivity index (χ0v) is 10.9. The maximum atomic E-state index is 8.01. The van der Waals surface area contributed by atoms with Crippen LogP contribution in [0, 0.1) is 5.41 Å². The highest BCUT2D eigenvalue weighted by Gasteiger charge is 2.32. The fraction of sp³-hybridized carbons (Fsp3) is 0.385. The van der Waals surface area contributed by atoms with E-state index in [0.717, 1.165) is 5.56 Å². The van der Waals surface area contributed by atoms with E-state index in [1.165, 1.54) is 0 Å². The van der Waals surface area contributed by atoms with Crippen molar-refractivity contribution in [1.29, 1.82) is 5.41 Å². The van der Waals surface area contributed by atoms with Crippen molar-refractivity contribution in [3.8, 4) is 0 Å². The summed E-state index contributed by atoms with van der Waals surface area (Å²) < 4.78 is 5.68. The van der Waals surface area contributed by atoms with Crippen LogP contribution in [0.5, 0.6) is 0 Å². The first kappa shape index (κ1) is 13.4. The lowest BCUT2D eigenvalue weighted by Crippen LogP contribution is -2.47. The molecule has 6 nitrogen and oxygen atoms in total. The fourth-order valence-corrected chi connectivity index (χ4v) is 2.35. The van der Waals surface area contributed by atoms with E-state index in [9.17, 15) is 0 Å². The van der Waals surface area contributed by atoms with Crippen molar-refractivity contribution in [2.24, 2.45) is 16.5 Å². The van der Waals surface area contributed by atoms with Crippen molar-refractivity contribution in [2.45, 2.75) is 19.1 Å². The van der Waals surface area contributed by atoms with Crippen LogP contribution in [0.4, 0.5) is 0 Å². The minimum Gasteiger partial charge on any atom is -0.374 e. The van der Waals surface area contributed by atoms with Gasteiger partial charge in [-0.2, -0.15) is 4.99 Å². The Balaban J connectivity index is 2.29. The van der Waals surface area contributed by atoms with Crippen LogP contribution in [0.1, 0.15) is 18.5 Å². The van der Waals surface area contributed by atoms with Crippen molar-refractivity contribution in [2.75, 3.05) is 13.2 Å². The Morgan fingerprint density at radius 3 is 2.68 bits per heavy atom. The van der Waals surface area contributed by atoms with Gasteiger partial charge >= 0.3 is 0 Å². The number of hydrogen-bond donors (Lipinski definition) is 3. The quantitative estimate of drug-likeness (QED) is 0.510. The first-order chi connectivity index (χ1) is 9.09. The third-order valence-electron chi connectivity index (χ3n) is 3.14. The molecule has 1 aliphatic rings. The molecule has 0 aromatic heterocycles. The molecule has 1 aromatic carbocycles. The zero-order chi connectivity index (χ0) is 13.8. The van der Waals surface area contributed by atoms with Crippen LogP contribution in [-0.2, 0) is 4.74 Å². The van der Waals surface area contributed by atoms with E-state index in [2.05, 4.69) is 4.99 Å². The standard InChI is InChI=1S/C13H19N5O/c1-9-11(10-5-3-2-4-6-10)18(7-8-19-9)13(16)17-12(14)15/h2-6,9,11H,7-8H2,1H3,(H5,14,15,16,17)/t9-,11+/m1/s1. The van der Waals surface area contributed by atoms with Crippen molar-refractivity contribution in [3.63, 3.8) is 0 Å². The molecule has 1 saturated heterocycles. The topological polar surface area (TPSA) is 101 Å². The number of hydrogen-bond acceptors (Lipinski definition) is 2. The number of nitrogens with two attached hydrogens (primary N) is 2. The van der Waals surface area contributed by atoms with Gasteiger partial charge in [-0.1, -0.05) is 30.3 Å². The molecular formula is C13H19N5O. The first-order valence-corrected chi connectivity index (χ1v) is 6.21. The van der Waals surface area contributed by atoms with E-state index >= 15 is 0 Å². The number of benzene rings is 1. The second-order valence-corrected chi connectivity index (χ2v) is 4.49. The van der Waals surface area contributed by atoms with Crippen LogP contribution in [0.15, 0.2) is 35.3 Å². The lowest BCUT2D eigenvalue weighted by Gasteiger charge is -2.40. The van der Waals surface area contributed by atoms with Crippen LogP contribution in [0.2, 0.25) is 0 Å². The molecule has 2 atom stereocenters. The van der Waals surface area contributed by atoms with Gasteiger partial charge in [-0.15, -0.1) is 0 Å². The van der Waals surface area contributed by atoms with Gasteiger partial charge in [-0.25, -0.2) is 0 Å². The fourth-order valence-electron chi connectivity index (χ4n) is 2.35. The Hall–Kier alpha value is -2.08. The molecule has 0 amide bonds. The van der Waals surface area contributed by atoms with Gasteiger partial charge in [0.2, 0.25) is 5.96 Å². The van der Waals surface area contributed by atoms with E-state index in [1.54, 1.807) is 0 Å². The van der Waals surface area contributed by atoms with Crippen LogP contribution >= 0.6 is 0 Å². The summed E-state index contributed by atoms with van der Waals surface area (Å²) in [5.41, 5.74) is 11.8. The molecule has 0 spiro atoms. The van der Waals surface area contributed by atoms with Gasteiger partial charge in [0.05, 0.1) is 18.8 Å². The Bertz CT molecular complexity index is 469. The maximum absolute atomic E-state index is 8.01. The minimum atomic E-state index is -0.101. The Morgan fingerprint density at radius 2 is 2.05 bits per heavy atom. The number of nitrogens with zero attached hydrogens (tertiary/aromatic N) is 2. The van der Waals surface area contributed by atoms with Gasteiger partial charge in [0.1, 0.15) is 0 Å². The Kier molecular flexibility index (Phi) is 4.01. The van der Waals surface area contributed by atoms with Gasteiger partial charge < -0.3 is 21.1 Å². The largest absolute Gasteiger partial charge is 0.374 e. The summed E-state index contributed by atoms with van der Waals surface area (Å²) in [6, 6.07) is 9.89. The summed E-state index contributed by atoms with van der Waals surface area (Å²) in [7, 11) is 0.